The number of nitrogen functional groups attached to an aromatic ring is 1. The molecule has 1 amide bonds. The van der Waals surface area contributed by atoms with Crippen LogP contribution in [0, 0.1) is 6.92 Å². The summed E-state index contributed by atoms with van der Waals surface area (Å²) in [5, 5.41) is 0. The lowest BCUT2D eigenvalue weighted by Gasteiger charge is -2.12. The number of carbonyl (C=O) groups excluding carboxylic acids is 1. The van der Waals surface area contributed by atoms with Crippen LogP contribution in [0.1, 0.15) is 19.4 Å². The highest BCUT2D eigenvalue weighted by atomic mass is 16.5. The third-order valence-electron chi connectivity index (χ3n) is 2.48. The number of hydrogen-bond acceptors (Lipinski definition) is 4. The zero-order valence-corrected chi connectivity index (χ0v) is 11.4. The number of primary amides is 1. The van der Waals surface area contributed by atoms with Crippen LogP contribution < -0.4 is 16.2 Å². The molecule has 0 aliphatic heterocycles. The number of rotatable bonds is 5. The first kappa shape index (κ1) is 14.8. The number of amides is 1. The van der Waals surface area contributed by atoms with Gasteiger partial charge in [0.1, 0.15) is 17.6 Å². The molecule has 1 aromatic rings. The third kappa shape index (κ3) is 4.46. The molecule has 0 aliphatic rings. The van der Waals surface area contributed by atoms with Gasteiger partial charge in [0.15, 0.2) is 0 Å². The number of carbonyl (C=O) groups is 1. The minimum Gasteiger partial charge on any atom is -0.487 e. The number of aryl methyl sites for hydroxylation is 1. The zero-order valence-electron chi connectivity index (χ0n) is 11.4. The molecule has 0 aromatic heterocycles. The van der Waals surface area contributed by atoms with Gasteiger partial charge >= 0.3 is 0 Å². The van der Waals surface area contributed by atoms with E-state index >= 15 is 0 Å². The Labute approximate surface area is 113 Å². The number of nitrogens with two attached hydrogens (primary N) is 2. The smallest absolute Gasteiger partial charge is 0.267 e. The van der Waals surface area contributed by atoms with E-state index in [2.05, 4.69) is 4.99 Å². The Morgan fingerprint density at radius 1 is 1.47 bits per heavy atom. The fourth-order valence-electron chi connectivity index (χ4n) is 1.52. The fraction of sp³-hybridized carbons (Fsp3) is 0.286. The van der Waals surface area contributed by atoms with Crippen molar-refractivity contribution in [1.29, 1.82) is 0 Å². The Bertz CT molecular complexity index is 521. The summed E-state index contributed by atoms with van der Waals surface area (Å²) >= 11 is 0. The van der Waals surface area contributed by atoms with Crippen molar-refractivity contribution in [3.05, 3.63) is 35.5 Å². The lowest BCUT2D eigenvalue weighted by Crippen LogP contribution is -2.17. The first-order valence-electron chi connectivity index (χ1n) is 5.97. The van der Waals surface area contributed by atoms with Crippen molar-refractivity contribution >= 4 is 17.8 Å². The van der Waals surface area contributed by atoms with Gasteiger partial charge in [-0.05, 0) is 50.6 Å². The van der Waals surface area contributed by atoms with Crippen molar-refractivity contribution in [3.63, 3.8) is 0 Å². The van der Waals surface area contributed by atoms with E-state index in [9.17, 15) is 4.79 Å². The SMILES string of the molecule is CC=N/C(=C\C(C)Oc1ccc(N)c(C)c1)C(N)=O. The van der Waals surface area contributed by atoms with Crippen LogP contribution in [-0.4, -0.2) is 18.2 Å². The standard InChI is InChI=1S/C14H19N3O2/c1-4-17-13(14(16)18)8-10(3)19-11-5-6-12(15)9(2)7-11/h4-8,10H,15H2,1-3H3,(H2,16,18)/b13-8-,17-4?. The summed E-state index contributed by atoms with van der Waals surface area (Å²) in [6.07, 6.45) is 2.76. The van der Waals surface area contributed by atoms with Gasteiger partial charge in [-0.3, -0.25) is 9.79 Å². The molecule has 0 saturated carbocycles. The van der Waals surface area contributed by atoms with Gasteiger partial charge in [-0.1, -0.05) is 0 Å². The molecule has 19 heavy (non-hydrogen) atoms. The molecule has 1 rings (SSSR count). The van der Waals surface area contributed by atoms with Gasteiger partial charge in [-0.15, -0.1) is 0 Å². The molecule has 4 N–H and O–H groups in total. The van der Waals surface area contributed by atoms with Crippen LogP contribution in [0.4, 0.5) is 5.69 Å². The Hall–Kier alpha value is -2.30. The van der Waals surface area contributed by atoms with Crippen LogP contribution in [-0.2, 0) is 4.79 Å². The highest BCUT2D eigenvalue weighted by molar-refractivity contribution is 5.93. The van der Waals surface area contributed by atoms with Gasteiger partial charge in [0.2, 0.25) is 0 Å². The molecule has 0 saturated heterocycles. The van der Waals surface area contributed by atoms with Crippen LogP contribution in [0.25, 0.3) is 0 Å². The second-order valence-electron chi connectivity index (χ2n) is 4.14. The molecule has 102 valence electrons. The quantitative estimate of drug-likeness (QED) is 0.481. The predicted molar refractivity (Wildman–Crippen MR) is 77.1 cm³/mol. The number of benzene rings is 1. The van der Waals surface area contributed by atoms with E-state index in [4.69, 9.17) is 16.2 Å². The highest BCUT2D eigenvalue weighted by Crippen LogP contribution is 2.20. The first-order chi connectivity index (χ1) is 8.93. The van der Waals surface area contributed by atoms with Crippen molar-refractivity contribution in [1.82, 2.24) is 0 Å². The van der Waals surface area contributed by atoms with Gasteiger partial charge in [-0.2, -0.15) is 0 Å². The van der Waals surface area contributed by atoms with E-state index in [1.54, 1.807) is 32.1 Å². The molecule has 5 nitrogen and oxygen atoms in total. The van der Waals surface area contributed by atoms with Crippen LogP contribution >= 0.6 is 0 Å². The van der Waals surface area contributed by atoms with Crippen LogP contribution in [0.5, 0.6) is 5.75 Å². The van der Waals surface area contributed by atoms with Crippen LogP contribution in [0.2, 0.25) is 0 Å². The molecule has 0 heterocycles. The van der Waals surface area contributed by atoms with Gasteiger partial charge < -0.3 is 16.2 Å². The average Bonchev–Trinajstić information content (AvgIpc) is 2.33. The van der Waals surface area contributed by atoms with E-state index < -0.39 is 5.91 Å². The third-order valence-corrected chi connectivity index (χ3v) is 2.48. The largest absolute Gasteiger partial charge is 0.487 e. The Morgan fingerprint density at radius 2 is 2.16 bits per heavy atom. The second kappa shape index (κ2) is 6.58. The topological polar surface area (TPSA) is 90.7 Å². The molecular weight excluding hydrogens is 242 g/mol. The van der Waals surface area contributed by atoms with Gasteiger partial charge in [0.05, 0.1) is 0 Å². The molecule has 1 aromatic carbocycles. The maximum atomic E-state index is 11.1. The average molecular weight is 261 g/mol. The lowest BCUT2D eigenvalue weighted by atomic mass is 10.2. The number of hydrogen-bond donors (Lipinski definition) is 2. The van der Waals surface area contributed by atoms with Crippen molar-refractivity contribution in [2.45, 2.75) is 26.9 Å². The minimum atomic E-state index is -0.581. The normalized spacial score (nSPS) is 13.5. The van der Waals surface area contributed by atoms with Crippen molar-refractivity contribution in [2.75, 3.05) is 5.73 Å². The molecule has 0 aliphatic carbocycles. The zero-order chi connectivity index (χ0) is 14.4. The monoisotopic (exact) mass is 261 g/mol. The number of anilines is 1. The number of nitrogens with zero attached hydrogens (tertiary/aromatic N) is 1. The van der Waals surface area contributed by atoms with Crippen LogP contribution in [0.15, 0.2) is 35.0 Å². The van der Waals surface area contributed by atoms with Gasteiger partial charge in [0.25, 0.3) is 5.91 Å². The van der Waals surface area contributed by atoms with Crippen LogP contribution in [0.3, 0.4) is 0 Å². The highest BCUT2D eigenvalue weighted by Gasteiger charge is 2.07. The molecule has 0 bridgehead atoms. The van der Waals surface area contributed by atoms with E-state index in [0.717, 1.165) is 5.56 Å². The van der Waals surface area contributed by atoms with Gasteiger partial charge in [-0.25, -0.2) is 0 Å². The molecular formula is C14H19N3O2. The van der Waals surface area contributed by atoms with Crippen molar-refractivity contribution in [3.8, 4) is 5.75 Å². The number of ether oxygens (including phenoxy) is 1. The Morgan fingerprint density at radius 3 is 2.68 bits per heavy atom. The predicted octanol–water partition coefficient (Wildman–Crippen LogP) is 1.80. The maximum Gasteiger partial charge on any atom is 0.267 e. The first-order valence-corrected chi connectivity index (χ1v) is 5.97. The van der Waals surface area contributed by atoms with E-state index in [1.807, 2.05) is 13.0 Å². The lowest BCUT2D eigenvalue weighted by molar-refractivity contribution is -0.114. The summed E-state index contributed by atoms with van der Waals surface area (Å²) in [6, 6.07) is 5.40. The summed E-state index contributed by atoms with van der Waals surface area (Å²) in [6.45, 7) is 5.42. The molecule has 1 unspecified atom stereocenters. The molecule has 0 spiro atoms. The summed E-state index contributed by atoms with van der Waals surface area (Å²) < 4.78 is 5.66. The summed E-state index contributed by atoms with van der Waals surface area (Å²) in [5.74, 6) is 0.0989. The van der Waals surface area contributed by atoms with Gasteiger partial charge in [0, 0.05) is 11.9 Å². The Balaban J connectivity index is 2.83. The second-order valence-corrected chi connectivity index (χ2v) is 4.14. The summed E-state index contributed by atoms with van der Waals surface area (Å²) in [4.78, 5) is 15.0. The fourth-order valence-corrected chi connectivity index (χ4v) is 1.52. The van der Waals surface area contributed by atoms with E-state index in [-0.39, 0.29) is 11.8 Å². The molecule has 0 fully saturated rings. The molecule has 5 heteroatoms. The summed E-state index contributed by atoms with van der Waals surface area (Å²) in [5.41, 5.74) is 12.8. The minimum absolute atomic E-state index is 0.183. The van der Waals surface area contributed by atoms with Crippen molar-refractivity contribution in [2.24, 2.45) is 10.7 Å². The maximum absolute atomic E-state index is 11.1. The molecule has 1 atom stereocenters. The van der Waals surface area contributed by atoms with E-state index in [0.29, 0.717) is 11.4 Å². The van der Waals surface area contributed by atoms with Crippen molar-refractivity contribution < 1.29 is 9.53 Å². The Kier molecular flexibility index (Phi) is 5.11. The summed E-state index contributed by atoms with van der Waals surface area (Å²) in [7, 11) is 0. The number of aliphatic imine (C=N–C) groups is 1. The van der Waals surface area contributed by atoms with E-state index in [1.165, 1.54) is 6.21 Å². The molecule has 0 radical (unpaired) electrons.